The lowest BCUT2D eigenvalue weighted by atomic mass is 9.99. The van der Waals surface area contributed by atoms with Crippen LogP contribution in [0.1, 0.15) is 12.0 Å². The van der Waals surface area contributed by atoms with Crippen molar-refractivity contribution in [3.63, 3.8) is 0 Å². The molecule has 2 rings (SSSR count). The van der Waals surface area contributed by atoms with Crippen molar-refractivity contribution in [1.29, 1.82) is 0 Å². The molecule has 0 aromatic heterocycles. The predicted octanol–water partition coefficient (Wildman–Crippen LogP) is 2.40. The minimum Gasteiger partial charge on any atom is -0.294 e. The van der Waals surface area contributed by atoms with Crippen LogP contribution in [-0.4, -0.2) is 5.78 Å². The molecule has 13 heavy (non-hydrogen) atoms. The summed E-state index contributed by atoms with van der Waals surface area (Å²) in [7, 11) is 0. The molecule has 0 fully saturated rings. The van der Waals surface area contributed by atoms with Gasteiger partial charge in [-0.25, -0.2) is 0 Å². The van der Waals surface area contributed by atoms with E-state index in [1.54, 1.807) is 0 Å². The van der Waals surface area contributed by atoms with Gasteiger partial charge in [0, 0.05) is 12.5 Å². The average Bonchev–Trinajstić information content (AvgIpc) is 2.19. The third kappa shape index (κ3) is 1.75. The molecule has 1 radical (unpaired) electrons. The maximum atomic E-state index is 11.1. The van der Waals surface area contributed by atoms with Gasteiger partial charge in [0.25, 0.3) is 0 Å². The zero-order chi connectivity index (χ0) is 9.10. The zero-order valence-corrected chi connectivity index (χ0v) is 7.16. The summed E-state index contributed by atoms with van der Waals surface area (Å²) in [6.07, 6.45) is 7.12. The highest BCUT2D eigenvalue weighted by Crippen LogP contribution is 2.18. The molecular weight excluding hydrogens is 160 g/mol. The number of allylic oxidation sites excluding steroid dienone is 4. The van der Waals surface area contributed by atoms with E-state index in [1.165, 1.54) is 0 Å². The zero-order valence-electron chi connectivity index (χ0n) is 7.16. The van der Waals surface area contributed by atoms with Crippen LogP contribution in [0, 0.1) is 6.08 Å². The Kier molecular flexibility index (Phi) is 2.09. The maximum Gasteiger partial charge on any atom is 0.168 e. The summed E-state index contributed by atoms with van der Waals surface area (Å²) in [6.45, 7) is 0. The SMILES string of the molecule is O=C1[C]=C(c2ccccc2)C=CC1. The summed E-state index contributed by atoms with van der Waals surface area (Å²) in [4.78, 5) is 11.1. The first kappa shape index (κ1) is 7.99. The Morgan fingerprint density at radius 2 is 1.92 bits per heavy atom. The van der Waals surface area contributed by atoms with E-state index < -0.39 is 0 Å². The van der Waals surface area contributed by atoms with Crippen molar-refractivity contribution in [2.45, 2.75) is 6.42 Å². The van der Waals surface area contributed by atoms with E-state index in [0.29, 0.717) is 6.42 Å². The van der Waals surface area contributed by atoms with Crippen LogP contribution >= 0.6 is 0 Å². The molecule has 0 unspecified atom stereocenters. The number of carbonyl (C=O) groups is 1. The quantitative estimate of drug-likeness (QED) is 0.631. The monoisotopic (exact) mass is 169 g/mol. The highest BCUT2D eigenvalue weighted by atomic mass is 16.1. The number of Topliss-reactive ketones (excluding diaryl/α,β-unsaturated/α-hetero) is 1. The van der Waals surface area contributed by atoms with Crippen molar-refractivity contribution in [2.75, 3.05) is 0 Å². The summed E-state index contributed by atoms with van der Waals surface area (Å²) in [5, 5.41) is 0. The molecule has 0 bridgehead atoms. The largest absolute Gasteiger partial charge is 0.294 e. The van der Waals surface area contributed by atoms with Gasteiger partial charge in [-0.3, -0.25) is 4.79 Å². The molecule has 0 saturated carbocycles. The van der Waals surface area contributed by atoms with E-state index in [9.17, 15) is 4.79 Å². The average molecular weight is 169 g/mol. The van der Waals surface area contributed by atoms with Crippen molar-refractivity contribution in [1.82, 2.24) is 0 Å². The Hall–Kier alpha value is -1.63. The maximum absolute atomic E-state index is 11.1. The van der Waals surface area contributed by atoms with E-state index in [1.807, 2.05) is 42.5 Å². The highest BCUT2D eigenvalue weighted by Gasteiger charge is 2.05. The Labute approximate surface area is 77.4 Å². The molecule has 1 heteroatoms. The van der Waals surface area contributed by atoms with Crippen molar-refractivity contribution < 1.29 is 4.79 Å². The van der Waals surface area contributed by atoms with E-state index in [2.05, 4.69) is 6.08 Å². The second-order valence-electron chi connectivity index (χ2n) is 2.93. The molecule has 1 nitrogen and oxygen atoms in total. The van der Waals surface area contributed by atoms with Crippen LogP contribution in [0.3, 0.4) is 0 Å². The van der Waals surface area contributed by atoms with Crippen molar-refractivity contribution in [3.8, 4) is 0 Å². The van der Waals surface area contributed by atoms with E-state index >= 15 is 0 Å². The van der Waals surface area contributed by atoms with Crippen LogP contribution in [0.25, 0.3) is 5.57 Å². The first-order valence-corrected chi connectivity index (χ1v) is 4.25. The third-order valence-electron chi connectivity index (χ3n) is 1.95. The fourth-order valence-electron chi connectivity index (χ4n) is 1.31. The number of benzene rings is 1. The third-order valence-corrected chi connectivity index (χ3v) is 1.95. The van der Waals surface area contributed by atoms with Crippen molar-refractivity contribution in [2.24, 2.45) is 0 Å². The van der Waals surface area contributed by atoms with Crippen LogP contribution in [0.15, 0.2) is 42.5 Å². The molecule has 0 saturated heterocycles. The molecule has 0 aliphatic heterocycles. The lowest BCUT2D eigenvalue weighted by molar-refractivity contribution is -0.114. The van der Waals surface area contributed by atoms with E-state index in [-0.39, 0.29) is 5.78 Å². The summed E-state index contributed by atoms with van der Waals surface area (Å²) in [5.41, 5.74) is 1.93. The molecule has 1 aromatic rings. The molecule has 1 aromatic carbocycles. The molecule has 0 spiro atoms. The van der Waals surface area contributed by atoms with Crippen LogP contribution < -0.4 is 0 Å². The minimum atomic E-state index is 0.0568. The van der Waals surface area contributed by atoms with Gasteiger partial charge in [0.15, 0.2) is 5.78 Å². The van der Waals surface area contributed by atoms with Gasteiger partial charge in [0.2, 0.25) is 0 Å². The van der Waals surface area contributed by atoms with Crippen LogP contribution in [0.4, 0.5) is 0 Å². The Balaban J connectivity index is 2.37. The molecular formula is C12H9O. The second kappa shape index (κ2) is 3.40. The molecule has 63 valence electrons. The molecule has 0 N–H and O–H groups in total. The van der Waals surface area contributed by atoms with Gasteiger partial charge in [-0.2, -0.15) is 0 Å². The minimum absolute atomic E-state index is 0.0568. The Bertz CT molecular complexity index is 371. The van der Waals surface area contributed by atoms with Gasteiger partial charge in [-0.15, -0.1) is 0 Å². The number of hydrogen-bond acceptors (Lipinski definition) is 1. The Morgan fingerprint density at radius 3 is 2.62 bits per heavy atom. The van der Waals surface area contributed by atoms with Gasteiger partial charge in [-0.1, -0.05) is 42.5 Å². The summed E-state index contributed by atoms with van der Waals surface area (Å²) in [6, 6.07) is 9.82. The van der Waals surface area contributed by atoms with Crippen LogP contribution in [-0.2, 0) is 4.79 Å². The first-order valence-electron chi connectivity index (χ1n) is 4.25. The lowest BCUT2D eigenvalue weighted by Crippen LogP contribution is -1.97. The van der Waals surface area contributed by atoms with Crippen molar-refractivity contribution >= 4 is 11.4 Å². The van der Waals surface area contributed by atoms with E-state index in [4.69, 9.17) is 0 Å². The number of carbonyl (C=O) groups excluding carboxylic acids is 1. The topological polar surface area (TPSA) is 17.1 Å². The lowest BCUT2D eigenvalue weighted by Gasteiger charge is -2.04. The molecule has 0 heterocycles. The molecule has 0 atom stereocenters. The molecule has 1 aliphatic rings. The van der Waals surface area contributed by atoms with Gasteiger partial charge < -0.3 is 0 Å². The van der Waals surface area contributed by atoms with Gasteiger partial charge >= 0.3 is 0 Å². The normalized spacial score (nSPS) is 15.7. The van der Waals surface area contributed by atoms with E-state index in [0.717, 1.165) is 11.1 Å². The second-order valence-corrected chi connectivity index (χ2v) is 2.93. The summed E-state index contributed by atoms with van der Waals surface area (Å²) < 4.78 is 0. The smallest absolute Gasteiger partial charge is 0.168 e. The fourth-order valence-corrected chi connectivity index (χ4v) is 1.31. The summed E-state index contributed by atoms with van der Waals surface area (Å²) in [5.74, 6) is 0.0568. The predicted molar refractivity (Wildman–Crippen MR) is 51.9 cm³/mol. The van der Waals surface area contributed by atoms with Crippen LogP contribution in [0.2, 0.25) is 0 Å². The van der Waals surface area contributed by atoms with Crippen LogP contribution in [0.5, 0.6) is 0 Å². The van der Waals surface area contributed by atoms with Crippen molar-refractivity contribution in [3.05, 3.63) is 54.1 Å². The number of rotatable bonds is 1. The van der Waals surface area contributed by atoms with Gasteiger partial charge in [-0.05, 0) is 11.1 Å². The summed E-state index contributed by atoms with van der Waals surface area (Å²) >= 11 is 0. The molecule has 1 aliphatic carbocycles. The van der Waals surface area contributed by atoms with Gasteiger partial charge in [0.05, 0.1) is 0 Å². The first-order chi connectivity index (χ1) is 6.36. The fraction of sp³-hybridized carbons (Fsp3) is 0.0833. The van der Waals surface area contributed by atoms with Gasteiger partial charge in [0.1, 0.15) is 0 Å². The number of ketones is 1. The standard InChI is InChI=1S/C12H9O/c13-12-8-4-7-11(9-12)10-5-2-1-3-6-10/h1-7H,8H2. The number of hydrogen-bond donors (Lipinski definition) is 0. The molecule has 0 amide bonds. The highest BCUT2D eigenvalue weighted by molar-refractivity contribution is 5.97. The Morgan fingerprint density at radius 1 is 1.15 bits per heavy atom.